The van der Waals surface area contributed by atoms with Crippen LogP contribution < -0.4 is 0 Å². The third kappa shape index (κ3) is 2.26. The van der Waals surface area contributed by atoms with E-state index in [1.165, 1.54) is 25.1 Å². The fourth-order valence-corrected chi connectivity index (χ4v) is 1.32. The number of hydrogen-bond donors (Lipinski definition) is 1. The molecule has 1 rings (SSSR count). The topological polar surface area (TPSA) is 46.5 Å². The lowest BCUT2D eigenvalue weighted by Gasteiger charge is -2.29. The molecule has 0 aliphatic rings. The molecule has 1 aromatic rings. The zero-order valence-corrected chi connectivity index (χ0v) is 8.99. The van der Waals surface area contributed by atoms with Crippen molar-refractivity contribution < 1.29 is 27.8 Å². The molecular weight excluding hydrogens is 237 g/mol. The predicted molar refractivity (Wildman–Crippen MR) is 53.4 cm³/mol. The minimum Gasteiger partial charge on any atom is -0.477 e. The van der Waals surface area contributed by atoms with Crippen molar-refractivity contribution in [1.82, 2.24) is 0 Å². The van der Waals surface area contributed by atoms with Crippen LogP contribution in [-0.4, -0.2) is 23.5 Å². The average molecular weight is 248 g/mol. The second-order valence-electron chi connectivity index (χ2n) is 3.27. The Hall–Kier alpha value is -1.56. The molecule has 0 fully saturated rings. The zero-order valence-electron chi connectivity index (χ0n) is 8.99. The summed E-state index contributed by atoms with van der Waals surface area (Å²) >= 11 is 0. The Morgan fingerprint density at radius 2 is 1.82 bits per heavy atom. The van der Waals surface area contributed by atoms with Gasteiger partial charge in [0, 0.05) is 12.2 Å². The standard InChI is InChI=1S/C11H11F3O3/c1-2-17-11(14,9(15)16)10(12,13)8-6-4-3-5-7-8/h3-7H,2H2,1H3,(H,15,16). The number of carboxylic acid groups (broad SMARTS) is 1. The van der Waals surface area contributed by atoms with Crippen LogP contribution in [0.1, 0.15) is 12.5 Å². The quantitative estimate of drug-likeness (QED) is 0.871. The number of alkyl halides is 3. The Balaban J connectivity index is 3.22. The van der Waals surface area contributed by atoms with Gasteiger partial charge in [0.15, 0.2) is 0 Å². The van der Waals surface area contributed by atoms with Crippen LogP contribution in [0.25, 0.3) is 0 Å². The number of ether oxygens (including phenoxy) is 1. The van der Waals surface area contributed by atoms with Gasteiger partial charge in [-0.25, -0.2) is 4.79 Å². The molecule has 0 radical (unpaired) electrons. The number of hydrogen-bond acceptors (Lipinski definition) is 2. The van der Waals surface area contributed by atoms with E-state index >= 15 is 0 Å². The normalized spacial score (nSPS) is 15.3. The monoisotopic (exact) mass is 248 g/mol. The van der Waals surface area contributed by atoms with Crippen LogP contribution in [0.3, 0.4) is 0 Å². The lowest BCUT2D eigenvalue weighted by Crippen LogP contribution is -2.51. The van der Waals surface area contributed by atoms with Gasteiger partial charge in [-0.05, 0) is 6.92 Å². The van der Waals surface area contributed by atoms with Crippen molar-refractivity contribution in [3.05, 3.63) is 35.9 Å². The van der Waals surface area contributed by atoms with Gasteiger partial charge in [-0.3, -0.25) is 0 Å². The van der Waals surface area contributed by atoms with Gasteiger partial charge in [-0.1, -0.05) is 30.3 Å². The Bertz CT molecular complexity index is 394. The van der Waals surface area contributed by atoms with E-state index in [0.717, 1.165) is 12.1 Å². The van der Waals surface area contributed by atoms with E-state index in [2.05, 4.69) is 4.74 Å². The van der Waals surface area contributed by atoms with Crippen LogP contribution in [0.4, 0.5) is 13.2 Å². The van der Waals surface area contributed by atoms with E-state index in [1.807, 2.05) is 0 Å². The average Bonchev–Trinajstić information content (AvgIpc) is 2.30. The molecule has 0 amide bonds. The molecule has 6 heteroatoms. The molecule has 1 N–H and O–H groups in total. The number of carboxylic acids is 1. The van der Waals surface area contributed by atoms with Crippen LogP contribution in [-0.2, 0) is 15.5 Å². The van der Waals surface area contributed by atoms with Crippen molar-refractivity contribution >= 4 is 5.97 Å². The van der Waals surface area contributed by atoms with Crippen molar-refractivity contribution in [2.24, 2.45) is 0 Å². The van der Waals surface area contributed by atoms with E-state index in [9.17, 15) is 18.0 Å². The second kappa shape index (κ2) is 4.75. The van der Waals surface area contributed by atoms with E-state index in [0.29, 0.717) is 0 Å². The highest BCUT2D eigenvalue weighted by Crippen LogP contribution is 2.42. The minimum atomic E-state index is -4.27. The maximum Gasteiger partial charge on any atom is 0.376 e. The molecule has 1 atom stereocenters. The van der Waals surface area contributed by atoms with Crippen molar-refractivity contribution in [2.75, 3.05) is 6.61 Å². The lowest BCUT2D eigenvalue weighted by molar-refractivity contribution is -0.278. The van der Waals surface area contributed by atoms with Crippen LogP contribution in [0.2, 0.25) is 0 Å². The summed E-state index contributed by atoms with van der Waals surface area (Å²) in [4.78, 5) is 10.7. The molecule has 0 spiro atoms. The van der Waals surface area contributed by atoms with Gasteiger partial charge >= 0.3 is 17.7 Å². The molecule has 0 heterocycles. The number of aliphatic carboxylic acids is 1. The number of rotatable bonds is 5. The predicted octanol–water partition coefficient (Wildman–Crippen LogP) is 2.57. The molecule has 94 valence electrons. The first-order chi connectivity index (χ1) is 7.86. The fourth-order valence-electron chi connectivity index (χ4n) is 1.32. The van der Waals surface area contributed by atoms with Gasteiger partial charge in [0.25, 0.3) is 0 Å². The maximum absolute atomic E-state index is 13.8. The summed E-state index contributed by atoms with van der Waals surface area (Å²) in [6, 6.07) is 5.86. The third-order valence-electron chi connectivity index (χ3n) is 2.16. The molecule has 0 saturated heterocycles. The Morgan fingerprint density at radius 1 is 1.29 bits per heavy atom. The Labute approximate surface area is 95.8 Å². The van der Waals surface area contributed by atoms with Crippen molar-refractivity contribution in [3.8, 4) is 0 Å². The highest BCUT2D eigenvalue weighted by atomic mass is 19.3. The molecule has 0 saturated carbocycles. The molecule has 0 aliphatic carbocycles. The van der Waals surface area contributed by atoms with Crippen molar-refractivity contribution in [3.63, 3.8) is 0 Å². The Morgan fingerprint density at radius 3 is 2.24 bits per heavy atom. The Kier molecular flexibility index (Phi) is 3.77. The van der Waals surface area contributed by atoms with E-state index in [1.54, 1.807) is 0 Å². The van der Waals surface area contributed by atoms with Crippen LogP contribution >= 0.6 is 0 Å². The largest absolute Gasteiger partial charge is 0.477 e. The summed E-state index contributed by atoms with van der Waals surface area (Å²) in [7, 11) is 0. The van der Waals surface area contributed by atoms with Gasteiger partial charge in [0.2, 0.25) is 0 Å². The van der Waals surface area contributed by atoms with Gasteiger partial charge in [-0.15, -0.1) is 0 Å². The number of benzene rings is 1. The first-order valence-electron chi connectivity index (χ1n) is 4.86. The van der Waals surface area contributed by atoms with Crippen LogP contribution in [0, 0.1) is 0 Å². The smallest absolute Gasteiger partial charge is 0.376 e. The van der Waals surface area contributed by atoms with Gasteiger partial charge in [0.1, 0.15) is 0 Å². The molecule has 0 bridgehead atoms. The minimum absolute atomic E-state index is 0.481. The van der Waals surface area contributed by atoms with Gasteiger partial charge in [0.05, 0.1) is 0 Å². The van der Waals surface area contributed by atoms with E-state index in [4.69, 9.17) is 5.11 Å². The van der Waals surface area contributed by atoms with Crippen LogP contribution in [0.5, 0.6) is 0 Å². The number of halogens is 3. The summed E-state index contributed by atoms with van der Waals surface area (Å²) in [6.45, 7) is 0.754. The molecule has 17 heavy (non-hydrogen) atoms. The number of carbonyl (C=O) groups is 1. The zero-order chi connectivity index (χ0) is 13.1. The first kappa shape index (κ1) is 13.5. The van der Waals surface area contributed by atoms with E-state index in [-0.39, 0.29) is 0 Å². The molecule has 3 nitrogen and oxygen atoms in total. The molecule has 0 aromatic heterocycles. The maximum atomic E-state index is 13.8. The first-order valence-corrected chi connectivity index (χ1v) is 4.86. The highest BCUT2D eigenvalue weighted by molar-refractivity contribution is 5.77. The SMILES string of the molecule is CCOC(F)(C(=O)O)C(F)(F)c1ccccc1. The van der Waals surface area contributed by atoms with Crippen LogP contribution in [0.15, 0.2) is 30.3 Å². The summed E-state index contributed by atoms with van der Waals surface area (Å²) in [6.07, 6.45) is 0. The third-order valence-corrected chi connectivity index (χ3v) is 2.16. The summed E-state index contributed by atoms with van der Waals surface area (Å²) in [5, 5.41) is 8.58. The summed E-state index contributed by atoms with van der Waals surface area (Å²) in [5.74, 6) is -10.7. The lowest BCUT2D eigenvalue weighted by atomic mass is 10.0. The molecule has 0 aliphatic heterocycles. The van der Waals surface area contributed by atoms with Gasteiger partial charge < -0.3 is 9.84 Å². The van der Waals surface area contributed by atoms with Crippen molar-refractivity contribution in [1.29, 1.82) is 0 Å². The molecule has 1 aromatic carbocycles. The summed E-state index contributed by atoms with van der Waals surface area (Å²) in [5.41, 5.74) is -0.752. The molecular formula is C11H11F3O3. The highest BCUT2D eigenvalue weighted by Gasteiger charge is 2.63. The van der Waals surface area contributed by atoms with E-state index < -0.39 is 29.9 Å². The summed E-state index contributed by atoms with van der Waals surface area (Å²) < 4.78 is 45.4. The van der Waals surface area contributed by atoms with Crippen molar-refractivity contribution in [2.45, 2.75) is 18.7 Å². The fraction of sp³-hybridized carbons (Fsp3) is 0.364. The molecule has 1 unspecified atom stereocenters. The van der Waals surface area contributed by atoms with Gasteiger partial charge in [-0.2, -0.15) is 13.2 Å². The second-order valence-corrected chi connectivity index (χ2v) is 3.27.